The fourth-order valence-electron chi connectivity index (χ4n) is 3.66. The van der Waals surface area contributed by atoms with Crippen molar-refractivity contribution in [2.45, 2.75) is 37.3 Å². The van der Waals surface area contributed by atoms with E-state index in [0.29, 0.717) is 0 Å². The first-order valence-corrected chi connectivity index (χ1v) is 14.3. The van der Waals surface area contributed by atoms with Crippen molar-refractivity contribution in [3.8, 4) is 0 Å². The number of fused-ring (bicyclic) bond motifs is 1. The molecule has 0 radical (unpaired) electrons. The van der Waals surface area contributed by atoms with Gasteiger partial charge in [-0.05, 0) is 5.56 Å². The standard InChI is InChI=1S/C19H21F4N5O8P2/c20-12-14(29)11(7-35-38(33,34)9-37(30,31)32)36-17(12)28-8-25-13-15(24-6-10-4-2-1-3-5-10)26-18(19(21,22)23)27-16(13)28/h1-5,8,11-12,14,17,29H,6-7,9H2,(H,33,34)(H,24,26,27)(H2,30,31,32)/t11-,12+,14-,17-/m1/s1. The van der Waals surface area contributed by atoms with E-state index < -0.39 is 70.0 Å². The first kappa shape index (κ1) is 28.5. The number of hydrogen-bond acceptors (Lipinski definition) is 9. The molecule has 1 aliphatic rings. The van der Waals surface area contributed by atoms with Crippen LogP contribution in [0.4, 0.5) is 23.4 Å². The zero-order valence-corrected chi connectivity index (χ0v) is 20.8. The van der Waals surface area contributed by atoms with E-state index in [1.807, 2.05) is 0 Å². The number of alkyl halides is 4. The van der Waals surface area contributed by atoms with E-state index in [0.717, 1.165) is 16.5 Å². The van der Waals surface area contributed by atoms with Crippen LogP contribution in [0.2, 0.25) is 0 Å². The number of nitrogens with zero attached hydrogens (tertiary/aromatic N) is 4. The number of aromatic nitrogens is 4. The van der Waals surface area contributed by atoms with Crippen LogP contribution in [0.25, 0.3) is 11.2 Å². The number of hydrogen-bond donors (Lipinski definition) is 5. The van der Waals surface area contributed by atoms with E-state index in [4.69, 9.17) is 14.5 Å². The van der Waals surface area contributed by atoms with E-state index in [1.165, 1.54) is 0 Å². The Kier molecular flexibility index (Phi) is 7.94. The number of rotatable bonds is 9. The third-order valence-electron chi connectivity index (χ3n) is 5.35. The Morgan fingerprint density at radius 2 is 1.82 bits per heavy atom. The fraction of sp³-hybridized carbons (Fsp3) is 0.421. The molecule has 5 atom stereocenters. The van der Waals surface area contributed by atoms with Gasteiger partial charge < -0.3 is 34.4 Å². The molecular formula is C19H21F4N5O8P2. The van der Waals surface area contributed by atoms with Gasteiger partial charge in [-0.25, -0.2) is 19.3 Å². The molecule has 13 nitrogen and oxygen atoms in total. The molecule has 1 unspecified atom stereocenters. The lowest BCUT2D eigenvalue weighted by Crippen LogP contribution is -2.31. The second-order valence-electron chi connectivity index (χ2n) is 8.30. The summed E-state index contributed by atoms with van der Waals surface area (Å²) in [6.45, 7) is -0.873. The normalized spacial score (nSPS) is 24.0. The van der Waals surface area contributed by atoms with Crippen LogP contribution in [0.5, 0.6) is 0 Å². The maximum Gasteiger partial charge on any atom is 0.451 e. The molecule has 1 aromatic carbocycles. The van der Waals surface area contributed by atoms with Gasteiger partial charge in [-0.15, -0.1) is 0 Å². The molecule has 0 amide bonds. The van der Waals surface area contributed by atoms with Gasteiger partial charge in [0.1, 0.15) is 12.2 Å². The molecule has 19 heteroatoms. The Morgan fingerprint density at radius 3 is 2.45 bits per heavy atom. The van der Waals surface area contributed by atoms with Crippen molar-refractivity contribution in [2.24, 2.45) is 0 Å². The van der Waals surface area contributed by atoms with Crippen molar-refractivity contribution >= 4 is 32.2 Å². The average Bonchev–Trinajstić information content (AvgIpc) is 3.36. The van der Waals surface area contributed by atoms with E-state index in [1.54, 1.807) is 30.3 Å². The molecule has 1 fully saturated rings. The van der Waals surface area contributed by atoms with Gasteiger partial charge in [-0.3, -0.25) is 13.7 Å². The maximum absolute atomic E-state index is 15.0. The Balaban J connectivity index is 1.61. The number of imidazole rings is 1. The van der Waals surface area contributed by atoms with Crippen LogP contribution < -0.4 is 5.32 Å². The molecule has 0 saturated carbocycles. The molecule has 208 valence electrons. The van der Waals surface area contributed by atoms with Crippen LogP contribution in [0, 0.1) is 0 Å². The molecule has 2 aromatic heterocycles. The highest BCUT2D eigenvalue weighted by Crippen LogP contribution is 2.55. The zero-order valence-electron chi connectivity index (χ0n) is 19.0. The topological polar surface area (TPSA) is 189 Å². The fourth-order valence-corrected chi connectivity index (χ4v) is 6.23. The number of nitrogens with one attached hydrogen (secondary N) is 1. The molecule has 0 aliphatic carbocycles. The summed E-state index contributed by atoms with van der Waals surface area (Å²) in [4.78, 5) is 38.3. The highest BCUT2D eigenvalue weighted by molar-refractivity contribution is 7.70. The van der Waals surface area contributed by atoms with Crippen LogP contribution in [0.1, 0.15) is 17.6 Å². The quantitative estimate of drug-likeness (QED) is 0.182. The van der Waals surface area contributed by atoms with Gasteiger partial charge in [-0.2, -0.15) is 13.2 Å². The second kappa shape index (κ2) is 10.6. The molecule has 1 saturated heterocycles. The molecule has 38 heavy (non-hydrogen) atoms. The largest absolute Gasteiger partial charge is 0.451 e. The van der Waals surface area contributed by atoms with Crippen LogP contribution in [-0.4, -0.2) is 70.2 Å². The van der Waals surface area contributed by atoms with E-state index in [2.05, 4.69) is 24.8 Å². The number of aliphatic hydroxyl groups is 1. The van der Waals surface area contributed by atoms with Crippen LogP contribution >= 0.6 is 15.2 Å². The number of aliphatic hydroxyl groups excluding tert-OH is 1. The number of benzene rings is 1. The summed E-state index contributed by atoms with van der Waals surface area (Å²) in [5, 5.41) is 13.0. The van der Waals surface area contributed by atoms with Crippen molar-refractivity contribution in [3.63, 3.8) is 0 Å². The van der Waals surface area contributed by atoms with Crippen molar-refractivity contribution in [1.29, 1.82) is 0 Å². The van der Waals surface area contributed by atoms with Crippen LogP contribution in [-0.2, 0) is 31.1 Å². The summed E-state index contributed by atoms with van der Waals surface area (Å²) in [5.41, 5.74) is 0.0974. The molecule has 3 aromatic rings. The molecule has 5 N–H and O–H groups in total. The third-order valence-corrected chi connectivity index (χ3v) is 8.81. The summed E-state index contributed by atoms with van der Waals surface area (Å²) in [5.74, 6) is -3.36. The van der Waals surface area contributed by atoms with Gasteiger partial charge in [0.15, 0.2) is 35.3 Å². The summed E-state index contributed by atoms with van der Waals surface area (Å²) in [7, 11) is -9.79. The van der Waals surface area contributed by atoms with Crippen molar-refractivity contribution in [2.75, 3.05) is 17.8 Å². The van der Waals surface area contributed by atoms with Crippen molar-refractivity contribution in [3.05, 3.63) is 48.0 Å². The minimum absolute atomic E-state index is 0.0801. The van der Waals surface area contributed by atoms with Gasteiger partial charge in [0, 0.05) is 6.54 Å². The van der Waals surface area contributed by atoms with Gasteiger partial charge in [0.05, 0.1) is 12.9 Å². The molecular weight excluding hydrogens is 564 g/mol. The third kappa shape index (κ3) is 6.55. The highest BCUT2D eigenvalue weighted by Gasteiger charge is 2.47. The summed E-state index contributed by atoms with van der Waals surface area (Å²) < 4.78 is 89.2. The molecule has 3 heterocycles. The van der Waals surface area contributed by atoms with Crippen LogP contribution in [0.15, 0.2) is 36.7 Å². The predicted molar refractivity (Wildman–Crippen MR) is 122 cm³/mol. The van der Waals surface area contributed by atoms with Crippen molar-refractivity contribution < 1.29 is 55.7 Å². The predicted octanol–water partition coefficient (Wildman–Crippen LogP) is 2.39. The second-order valence-corrected chi connectivity index (χ2v) is 12.3. The van der Waals surface area contributed by atoms with Gasteiger partial charge in [0.2, 0.25) is 5.82 Å². The lowest BCUT2D eigenvalue weighted by atomic mass is 10.1. The number of anilines is 1. The molecule has 0 bridgehead atoms. The van der Waals surface area contributed by atoms with Gasteiger partial charge in [0.25, 0.3) is 0 Å². The lowest BCUT2D eigenvalue weighted by Gasteiger charge is -2.18. The monoisotopic (exact) mass is 585 g/mol. The lowest BCUT2D eigenvalue weighted by molar-refractivity contribution is -0.144. The first-order valence-electron chi connectivity index (χ1n) is 10.7. The Labute approximate surface area is 211 Å². The minimum atomic E-state index is -4.98. The first-order chi connectivity index (χ1) is 17.6. The van der Waals surface area contributed by atoms with Crippen LogP contribution in [0.3, 0.4) is 0 Å². The maximum atomic E-state index is 15.0. The van der Waals surface area contributed by atoms with E-state index in [9.17, 15) is 32.3 Å². The SMILES string of the molecule is O=P(O)(O)CP(=O)(O)OC[C@H]1O[C@@H](n2cnc3c(NCc4ccccc4)nc(C(F)(F)F)nc32)[C@@H](F)[C@@H]1O. The minimum Gasteiger partial charge on any atom is -0.387 e. The Bertz CT molecular complexity index is 1390. The Morgan fingerprint density at radius 1 is 1.13 bits per heavy atom. The summed E-state index contributed by atoms with van der Waals surface area (Å²) in [6, 6.07) is 8.67. The highest BCUT2D eigenvalue weighted by atomic mass is 31.2. The molecule has 0 spiro atoms. The van der Waals surface area contributed by atoms with Gasteiger partial charge >= 0.3 is 21.4 Å². The Hall–Kier alpha value is -2.49. The van der Waals surface area contributed by atoms with E-state index >= 15 is 4.39 Å². The molecule has 1 aliphatic heterocycles. The van der Waals surface area contributed by atoms with Crippen molar-refractivity contribution in [1.82, 2.24) is 19.5 Å². The number of halogens is 4. The average molecular weight is 585 g/mol. The summed E-state index contributed by atoms with van der Waals surface area (Å²) >= 11 is 0. The summed E-state index contributed by atoms with van der Waals surface area (Å²) in [6.07, 6.45) is -11.7. The van der Waals surface area contributed by atoms with Gasteiger partial charge in [-0.1, -0.05) is 30.3 Å². The zero-order chi connectivity index (χ0) is 27.9. The molecule has 4 rings (SSSR count). The van der Waals surface area contributed by atoms with E-state index in [-0.39, 0.29) is 17.9 Å². The number of ether oxygens (including phenoxy) is 1. The smallest absolute Gasteiger partial charge is 0.387 e.